The minimum Gasteiger partial charge on any atom is -0.512 e. The average Bonchev–Trinajstić information content (AvgIpc) is 2.93. The van der Waals surface area contributed by atoms with Gasteiger partial charge in [-0.25, -0.2) is 0 Å². The van der Waals surface area contributed by atoms with Crippen molar-refractivity contribution in [2.24, 2.45) is 11.3 Å². The Labute approximate surface area is 239 Å². The van der Waals surface area contributed by atoms with Gasteiger partial charge in [0.2, 0.25) is 0 Å². The monoisotopic (exact) mass is 687 g/mol. The largest absolute Gasteiger partial charge is 0.512 e. The second-order valence-corrected chi connectivity index (χ2v) is 9.93. The third-order valence-electron chi connectivity index (χ3n) is 7.80. The molecule has 5 heteroatoms. The van der Waals surface area contributed by atoms with E-state index in [1.807, 2.05) is 71.1 Å². The normalized spacial score (nSPS) is 12.3. The Bertz CT molecular complexity index is 1450. The predicted molar refractivity (Wildman–Crippen MR) is 152 cm³/mol. The van der Waals surface area contributed by atoms with E-state index in [1.54, 1.807) is 0 Å². The number of carbonyl (C=O) groups excluding carboxylic acids is 1. The van der Waals surface area contributed by atoms with E-state index in [1.165, 1.54) is 6.08 Å². The van der Waals surface area contributed by atoms with E-state index in [2.05, 4.69) is 35.3 Å². The molecule has 4 nitrogen and oxygen atoms in total. The molecule has 1 aliphatic rings. The quantitative estimate of drug-likeness (QED) is 0.105. The molecule has 38 heavy (non-hydrogen) atoms. The van der Waals surface area contributed by atoms with Crippen LogP contribution in [0.25, 0.3) is 32.8 Å². The molecule has 3 aromatic carbocycles. The Balaban J connectivity index is 0.000000215. The SMILES string of the molecule is CCC(CC)/C(O)=C/C(=O)C(C)(CC)CC.[Ir].[c-]1c2c(cc3ccccc13)Oc1cccc3ccnc-2c13. The van der Waals surface area contributed by atoms with Crippen LogP contribution >= 0.6 is 0 Å². The van der Waals surface area contributed by atoms with Gasteiger partial charge in [-0.05, 0) is 43.2 Å². The van der Waals surface area contributed by atoms with Crippen molar-refractivity contribution >= 4 is 27.3 Å². The van der Waals surface area contributed by atoms with E-state index in [-0.39, 0.29) is 43.0 Å². The van der Waals surface area contributed by atoms with Crippen LogP contribution < -0.4 is 4.74 Å². The van der Waals surface area contributed by atoms with Crippen LogP contribution in [0.3, 0.4) is 0 Å². The molecule has 0 unspecified atom stereocenters. The topological polar surface area (TPSA) is 59.4 Å². The van der Waals surface area contributed by atoms with Gasteiger partial charge < -0.3 is 9.84 Å². The number of hydrogen-bond acceptors (Lipinski definition) is 4. The minimum atomic E-state index is -0.319. The van der Waals surface area contributed by atoms with Gasteiger partial charge in [0.05, 0.1) is 11.5 Å². The Kier molecular flexibility index (Phi) is 9.87. The number of carbonyl (C=O) groups is 1. The molecule has 0 saturated carbocycles. The van der Waals surface area contributed by atoms with Crippen LogP contribution in [-0.4, -0.2) is 15.9 Å². The van der Waals surface area contributed by atoms with Crippen molar-refractivity contribution in [1.82, 2.24) is 4.98 Å². The fourth-order valence-corrected chi connectivity index (χ4v) is 4.72. The summed E-state index contributed by atoms with van der Waals surface area (Å²) < 4.78 is 6.09. The summed E-state index contributed by atoms with van der Waals surface area (Å²) in [5, 5.41) is 14.3. The molecule has 0 spiro atoms. The molecule has 0 atom stereocenters. The van der Waals surface area contributed by atoms with E-state index in [0.29, 0.717) is 0 Å². The van der Waals surface area contributed by atoms with Crippen LogP contribution in [0, 0.1) is 17.4 Å². The fraction of sp³-hybridized carbons (Fsp3) is 0.333. The second kappa shape index (κ2) is 12.7. The average molecular weight is 687 g/mol. The van der Waals surface area contributed by atoms with Gasteiger partial charge in [-0.2, -0.15) is 0 Å². The fourth-order valence-electron chi connectivity index (χ4n) is 4.72. The van der Waals surface area contributed by atoms with E-state index < -0.39 is 0 Å². The molecule has 0 bridgehead atoms. The third kappa shape index (κ3) is 5.85. The first-order valence-corrected chi connectivity index (χ1v) is 13.3. The van der Waals surface area contributed by atoms with Gasteiger partial charge in [-0.1, -0.05) is 82.0 Å². The maximum Gasteiger partial charge on any atom is 0.164 e. The maximum atomic E-state index is 12.0. The third-order valence-corrected chi connectivity index (χ3v) is 7.80. The number of rotatable bonds is 7. The number of pyridine rings is 1. The Hall–Kier alpha value is -3.01. The number of ketones is 1. The maximum absolute atomic E-state index is 12.0. The van der Waals surface area contributed by atoms with E-state index in [4.69, 9.17) is 4.74 Å². The second-order valence-electron chi connectivity index (χ2n) is 9.93. The van der Waals surface area contributed by atoms with Crippen LogP contribution in [0.5, 0.6) is 11.5 Å². The number of hydrogen-bond donors (Lipinski definition) is 1. The summed E-state index contributed by atoms with van der Waals surface area (Å²) in [6.07, 6.45) is 6.68. The molecular formula is C33H36IrNO3-. The predicted octanol–water partition coefficient (Wildman–Crippen LogP) is 9.22. The van der Waals surface area contributed by atoms with E-state index in [0.717, 1.165) is 70.0 Å². The Morgan fingerprint density at radius 1 is 1.00 bits per heavy atom. The van der Waals surface area contributed by atoms with Crippen molar-refractivity contribution in [3.05, 3.63) is 78.7 Å². The number of aliphatic hydroxyl groups is 1. The van der Waals surface area contributed by atoms with Gasteiger partial charge in [0, 0.05) is 54.8 Å². The standard InChI is InChI=1S/C19H10NO.C14H26O2.Ir/c1-2-5-14-11-17-15(10-13(14)4-1)19-18-12(8-9-20-19)6-3-7-16(18)21-17;1-6-11(7-2)12(15)10-13(16)14(5,8-3)9-4;/h1-9,11H;10-11,15H,6-9H2,1-5H3;/q-1;;/b;12-10-;. The number of nitrogens with zero attached hydrogens (tertiary/aromatic N) is 1. The number of aromatic nitrogens is 1. The summed E-state index contributed by atoms with van der Waals surface area (Å²) in [7, 11) is 0. The molecule has 1 aliphatic heterocycles. The summed E-state index contributed by atoms with van der Waals surface area (Å²) in [5.41, 5.74) is 1.58. The first kappa shape index (κ1) is 29.5. The molecule has 0 saturated heterocycles. The van der Waals surface area contributed by atoms with Crippen LogP contribution in [0.15, 0.2) is 72.6 Å². The first-order valence-electron chi connectivity index (χ1n) is 13.3. The molecule has 1 N–H and O–H groups in total. The zero-order valence-electron chi connectivity index (χ0n) is 22.8. The van der Waals surface area contributed by atoms with Gasteiger partial charge in [0.25, 0.3) is 0 Å². The van der Waals surface area contributed by atoms with Crippen molar-refractivity contribution < 1.29 is 34.7 Å². The van der Waals surface area contributed by atoms with Crippen LogP contribution in [-0.2, 0) is 24.9 Å². The minimum absolute atomic E-state index is 0. The number of allylic oxidation sites excluding steroid dienone is 2. The van der Waals surface area contributed by atoms with E-state index in [9.17, 15) is 9.90 Å². The van der Waals surface area contributed by atoms with Gasteiger partial charge in [-0.3, -0.25) is 9.78 Å². The molecule has 201 valence electrons. The smallest absolute Gasteiger partial charge is 0.164 e. The van der Waals surface area contributed by atoms with Gasteiger partial charge >= 0.3 is 0 Å². The molecule has 0 aliphatic carbocycles. The van der Waals surface area contributed by atoms with Crippen LogP contribution in [0.4, 0.5) is 0 Å². The van der Waals surface area contributed by atoms with Gasteiger partial charge in [0.15, 0.2) is 5.78 Å². The summed E-state index contributed by atoms with van der Waals surface area (Å²) in [5.74, 6) is 2.13. The summed E-state index contributed by atoms with van der Waals surface area (Å²) in [6, 6.07) is 21.8. The molecule has 1 aromatic heterocycles. The number of benzene rings is 3. The first-order chi connectivity index (χ1) is 17.8. The number of fused-ring (bicyclic) bond motifs is 3. The molecular weight excluding hydrogens is 651 g/mol. The van der Waals surface area contributed by atoms with Crippen LogP contribution in [0.2, 0.25) is 0 Å². The number of aliphatic hydroxyl groups excluding tert-OH is 1. The van der Waals surface area contributed by atoms with E-state index >= 15 is 0 Å². The number of ether oxygens (including phenoxy) is 1. The van der Waals surface area contributed by atoms with Crippen molar-refractivity contribution in [2.45, 2.75) is 60.3 Å². The van der Waals surface area contributed by atoms with Crippen molar-refractivity contribution in [1.29, 1.82) is 0 Å². The van der Waals surface area contributed by atoms with Gasteiger partial charge in [-0.15, -0.1) is 17.5 Å². The van der Waals surface area contributed by atoms with Crippen molar-refractivity contribution in [3.63, 3.8) is 0 Å². The Morgan fingerprint density at radius 2 is 1.68 bits per heavy atom. The zero-order chi connectivity index (χ0) is 26.6. The summed E-state index contributed by atoms with van der Waals surface area (Å²) in [4.78, 5) is 16.6. The molecule has 0 amide bonds. The molecule has 4 aromatic rings. The molecule has 1 radical (unpaired) electrons. The molecule has 2 heterocycles. The Morgan fingerprint density at radius 3 is 2.37 bits per heavy atom. The summed E-state index contributed by atoms with van der Waals surface area (Å²) in [6.45, 7) is 10.1. The molecule has 5 rings (SSSR count). The van der Waals surface area contributed by atoms with Crippen molar-refractivity contribution in [2.75, 3.05) is 0 Å². The van der Waals surface area contributed by atoms with Crippen LogP contribution in [0.1, 0.15) is 60.3 Å². The van der Waals surface area contributed by atoms with Gasteiger partial charge in [0.1, 0.15) is 5.75 Å². The zero-order valence-corrected chi connectivity index (χ0v) is 25.2. The molecule has 0 fully saturated rings. The van der Waals surface area contributed by atoms with Crippen molar-refractivity contribution in [3.8, 4) is 22.8 Å². The summed E-state index contributed by atoms with van der Waals surface area (Å²) >= 11 is 0.